The lowest BCUT2D eigenvalue weighted by Crippen LogP contribution is -2.13. The van der Waals surface area contributed by atoms with Crippen LogP contribution in [-0.4, -0.2) is 8.42 Å². The Bertz CT molecular complexity index is 724. The zero-order chi connectivity index (χ0) is 14.8. The quantitative estimate of drug-likeness (QED) is 0.909. The molecule has 0 bridgehead atoms. The van der Waals surface area contributed by atoms with Crippen molar-refractivity contribution in [1.82, 2.24) is 0 Å². The molecule has 0 spiro atoms. The van der Waals surface area contributed by atoms with Crippen molar-refractivity contribution < 1.29 is 8.42 Å². The number of nitrogens with two attached hydrogens (primary N) is 1. The van der Waals surface area contributed by atoms with E-state index < -0.39 is 10.0 Å². The second-order valence-corrected chi connectivity index (χ2v) is 6.43. The van der Waals surface area contributed by atoms with Crippen LogP contribution in [0.15, 0.2) is 47.4 Å². The molecule has 0 unspecified atom stereocenters. The van der Waals surface area contributed by atoms with Crippen molar-refractivity contribution in [1.29, 1.82) is 0 Å². The molecule has 2 aromatic carbocycles. The maximum absolute atomic E-state index is 11.4. The summed E-state index contributed by atoms with van der Waals surface area (Å²) in [5.74, 6) is 0. The third kappa shape index (κ3) is 3.59. The summed E-state index contributed by atoms with van der Waals surface area (Å²) in [6.45, 7) is 4.60. The lowest BCUT2D eigenvalue weighted by atomic mass is 10.1. The summed E-state index contributed by atoms with van der Waals surface area (Å²) in [5, 5.41) is 8.40. The van der Waals surface area contributed by atoms with E-state index in [4.69, 9.17) is 5.14 Å². The van der Waals surface area contributed by atoms with E-state index >= 15 is 0 Å². The number of nitrogens with one attached hydrogen (secondary N) is 1. The first-order valence-corrected chi connectivity index (χ1v) is 7.84. The van der Waals surface area contributed by atoms with Crippen LogP contribution in [0.2, 0.25) is 0 Å². The molecule has 5 heteroatoms. The fraction of sp³-hybridized carbons (Fsp3) is 0.200. The average Bonchev–Trinajstić information content (AvgIpc) is 2.36. The van der Waals surface area contributed by atoms with Crippen LogP contribution in [0.25, 0.3) is 0 Å². The molecule has 0 radical (unpaired) electrons. The normalized spacial score (nSPS) is 11.3. The minimum atomic E-state index is -3.67. The third-order valence-electron chi connectivity index (χ3n) is 3.10. The summed E-state index contributed by atoms with van der Waals surface area (Å²) >= 11 is 0. The highest BCUT2D eigenvalue weighted by atomic mass is 32.2. The predicted molar refractivity (Wildman–Crippen MR) is 81.1 cm³/mol. The molecule has 0 heterocycles. The van der Waals surface area contributed by atoms with Crippen LogP contribution in [0.1, 0.15) is 16.7 Å². The summed E-state index contributed by atoms with van der Waals surface area (Å²) in [6, 6.07) is 13.0. The van der Waals surface area contributed by atoms with E-state index in [9.17, 15) is 8.42 Å². The molecule has 0 fully saturated rings. The van der Waals surface area contributed by atoms with Gasteiger partial charge in [0.2, 0.25) is 10.0 Å². The van der Waals surface area contributed by atoms with Crippen molar-refractivity contribution in [2.24, 2.45) is 5.14 Å². The van der Waals surface area contributed by atoms with E-state index in [1.165, 1.54) is 11.6 Å². The van der Waals surface area contributed by atoms with Crippen LogP contribution in [0, 0.1) is 13.8 Å². The Balaban J connectivity index is 2.21. The molecule has 4 nitrogen and oxygen atoms in total. The van der Waals surface area contributed by atoms with Crippen molar-refractivity contribution in [3.8, 4) is 0 Å². The molecule has 0 aliphatic heterocycles. The fourth-order valence-electron chi connectivity index (χ4n) is 1.99. The average molecular weight is 290 g/mol. The Morgan fingerprint density at radius 3 is 2.50 bits per heavy atom. The lowest BCUT2D eigenvalue weighted by Gasteiger charge is -2.11. The molecule has 2 aromatic rings. The molecule has 2 rings (SSSR count). The van der Waals surface area contributed by atoms with Gasteiger partial charge in [-0.1, -0.05) is 35.9 Å². The highest BCUT2D eigenvalue weighted by molar-refractivity contribution is 7.89. The Hall–Kier alpha value is -1.85. The molecular formula is C15H18N2O2S. The van der Waals surface area contributed by atoms with Gasteiger partial charge in [0.1, 0.15) is 0 Å². The molecule has 0 saturated carbocycles. The van der Waals surface area contributed by atoms with Gasteiger partial charge in [-0.05, 0) is 37.1 Å². The van der Waals surface area contributed by atoms with Gasteiger partial charge in [-0.25, -0.2) is 13.6 Å². The fourth-order valence-corrected chi connectivity index (χ4v) is 2.53. The first-order chi connectivity index (χ1) is 9.36. The molecule has 0 saturated heterocycles. The molecule has 106 valence electrons. The van der Waals surface area contributed by atoms with Gasteiger partial charge in [-0.2, -0.15) is 0 Å². The lowest BCUT2D eigenvalue weighted by molar-refractivity contribution is 0.598. The first-order valence-electron chi connectivity index (χ1n) is 6.29. The van der Waals surface area contributed by atoms with E-state index in [0.29, 0.717) is 6.54 Å². The van der Waals surface area contributed by atoms with Crippen LogP contribution < -0.4 is 10.5 Å². The number of anilines is 1. The number of rotatable bonds is 4. The van der Waals surface area contributed by atoms with E-state index in [-0.39, 0.29) is 4.90 Å². The summed E-state index contributed by atoms with van der Waals surface area (Å²) in [6.07, 6.45) is 0. The number of hydrogen-bond donors (Lipinski definition) is 2. The second-order valence-electron chi connectivity index (χ2n) is 4.86. The number of sulfonamides is 1. The van der Waals surface area contributed by atoms with Crippen LogP contribution in [0.4, 0.5) is 5.69 Å². The minimum Gasteiger partial charge on any atom is -0.381 e. The van der Waals surface area contributed by atoms with E-state index in [1.807, 2.05) is 32.0 Å². The SMILES string of the molecule is Cc1cccc(CNc2cc(S(N)(=O)=O)ccc2C)c1. The molecule has 0 atom stereocenters. The van der Waals surface area contributed by atoms with Gasteiger partial charge in [0.15, 0.2) is 0 Å². The summed E-state index contributed by atoms with van der Waals surface area (Å²) in [7, 11) is -3.67. The van der Waals surface area contributed by atoms with Gasteiger partial charge in [0.05, 0.1) is 4.90 Å². The van der Waals surface area contributed by atoms with E-state index in [2.05, 4.69) is 11.4 Å². The molecule has 0 aliphatic carbocycles. The van der Waals surface area contributed by atoms with Crippen LogP contribution >= 0.6 is 0 Å². The molecule has 0 amide bonds. The van der Waals surface area contributed by atoms with E-state index in [1.54, 1.807) is 12.1 Å². The van der Waals surface area contributed by atoms with Gasteiger partial charge in [0, 0.05) is 12.2 Å². The van der Waals surface area contributed by atoms with E-state index in [0.717, 1.165) is 16.8 Å². The van der Waals surface area contributed by atoms with Crippen molar-refractivity contribution >= 4 is 15.7 Å². The topological polar surface area (TPSA) is 72.2 Å². The maximum atomic E-state index is 11.4. The standard InChI is InChI=1S/C15H18N2O2S/c1-11-4-3-5-13(8-11)10-17-15-9-14(20(16,18)19)7-6-12(15)2/h3-9,17H,10H2,1-2H3,(H2,16,18,19). The zero-order valence-corrected chi connectivity index (χ0v) is 12.4. The Morgan fingerprint density at radius 2 is 1.85 bits per heavy atom. The molecule has 3 N–H and O–H groups in total. The van der Waals surface area contributed by atoms with Crippen LogP contribution in [-0.2, 0) is 16.6 Å². The Labute approximate surface area is 119 Å². The largest absolute Gasteiger partial charge is 0.381 e. The summed E-state index contributed by atoms with van der Waals surface area (Å²) in [4.78, 5) is 0.120. The molecule has 20 heavy (non-hydrogen) atoms. The highest BCUT2D eigenvalue weighted by Gasteiger charge is 2.09. The Morgan fingerprint density at radius 1 is 1.10 bits per heavy atom. The maximum Gasteiger partial charge on any atom is 0.238 e. The molecule has 0 aromatic heterocycles. The summed E-state index contributed by atoms with van der Waals surface area (Å²) < 4.78 is 22.7. The number of benzene rings is 2. The van der Waals surface area contributed by atoms with Gasteiger partial charge < -0.3 is 5.32 Å². The molecular weight excluding hydrogens is 272 g/mol. The highest BCUT2D eigenvalue weighted by Crippen LogP contribution is 2.20. The number of aryl methyl sites for hydroxylation is 2. The van der Waals surface area contributed by atoms with Crippen molar-refractivity contribution in [3.63, 3.8) is 0 Å². The van der Waals surface area contributed by atoms with Crippen LogP contribution in [0.3, 0.4) is 0 Å². The van der Waals surface area contributed by atoms with Gasteiger partial charge in [0.25, 0.3) is 0 Å². The van der Waals surface area contributed by atoms with Gasteiger partial charge in [-0.15, -0.1) is 0 Å². The van der Waals surface area contributed by atoms with Gasteiger partial charge >= 0.3 is 0 Å². The van der Waals surface area contributed by atoms with Crippen LogP contribution in [0.5, 0.6) is 0 Å². The second kappa shape index (κ2) is 5.64. The smallest absolute Gasteiger partial charge is 0.238 e. The van der Waals surface area contributed by atoms with Crippen molar-refractivity contribution in [2.75, 3.05) is 5.32 Å². The molecule has 0 aliphatic rings. The zero-order valence-electron chi connectivity index (χ0n) is 11.6. The number of primary sulfonamides is 1. The van der Waals surface area contributed by atoms with Crippen molar-refractivity contribution in [3.05, 3.63) is 59.2 Å². The number of hydrogen-bond acceptors (Lipinski definition) is 3. The van der Waals surface area contributed by atoms with Crippen molar-refractivity contribution in [2.45, 2.75) is 25.3 Å². The first kappa shape index (κ1) is 14.6. The minimum absolute atomic E-state index is 0.120. The van der Waals surface area contributed by atoms with Gasteiger partial charge in [-0.3, -0.25) is 0 Å². The third-order valence-corrected chi connectivity index (χ3v) is 4.01. The summed E-state index contributed by atoms with van der Waals surface area (Å²) in [5.41, 5.74) is 4.09. The monoisotopic (exact) mass is 290 g/mol. The Kier molecular flexibility index (Phi) is 4.11. The predicted octanol–water partition coefficient (Wildman–Crippen LogP) is 2.56.